The second-order valence-electron chi connectivity index (χ2n) is 6.85. The molecule has 2 fully saturated rings. The van der Waals surface area contributed by atoms with Crippen LogP contribution in [0.3, 0.4) is 0 Å². The minimum atomic E-state index is -1.97. The lowest BCUT2D eigenvalue weighted by molar-refractivity contribution is 0.531. The molecule has 21 heavy (non-hydrogen) atoms. The van der Waals surface area contributed by atoms with E-state index in [2.05, 4.69) is 33.8 Å². The fraction of sp³-hybridized carbons (Fsp3) is 1.00. The van der Waals surface area contributed by atoms with E-state index in [4.69, 9.17) is 0 Å². The number of hydrogen-bond donors (Lipinski definition) is 4. The molecule has 4 N–H and O–H groups in total. The van der Waals surface area contributed by atoms with Gasteiger partial charge in [0.2, 0.25) is 0 Å². The highest BCUT2D eigenvalue weighted by molar-refractivity contribution is 6.70. The van der Waals surface area contributed by atoms with Crippen LogP contribution < -0.4 is 19.9 Å². The normalized spacial score (nSPS) is 21.4. The monoisotopic (exact) mass is 312 g/mol. The average Bonchev–Trinajstić information content (AvgIpc) is 3.16. The Morgan fingerprint density at radius 1 is 0.714 bits per heavy atom. The van der Waals surface area contributed by atoms with Crippen molar-refractivity contribution >= 4 is 8.72 Å². The third-order valence-corrected chi connectivity index (χ3v) is 8.08. The summed E-state index contributed by atoms with van der Waals surface area (Å²) in [5.74, 6) is 0. The van der Waals surface area contributed by atoms with Gasteiger partial charge in [0.15, 0.2) is 0 Å². The highest BCUT2D eigenvalue weighted by Gasteiger charge is 2.39. The fourth-order valence-corrected chi connectivity index (χ4v) is 7.35. The van der Waals surface area contributed by atoms with E-state index in [9.17, 15) is 0 Å². The van der Waals surface area contributed by atoms with Crippen molar-refractivity contribution in [1.29, 1.82) is 0 Å². The Morgan fingerprint density at radius 2 is 1.10 bits per heavy atom. The number of rotatable bonds is 10. The average molecular weight is 313 g/mol. The lowest BCUT2D eigenvalue weighted by atomic mass is 10.3. The zero-order chi connectivity index (χ0) is 15.0. The van der Waals surface area contributed by atoms with Gasteiger partial charge in [-0.1, -0.05) is 39.5 Å². The van der Waals surface area contributed by atoms with Crippen molar-refractivity contribution < 1.29 is 0 Å². The Bertz CT molecular complexity index is 247. The molecular formula is C16H36N4Si. The molecule has 5 heteroatoms. The summed E-state index contributed by atoms with van der Waals surface area (Å²) < 4.78 is 0. The maximum absolute atomic E-state index is 4.03. The third-order valence-electron chi connectivity index (χ3n) is 4.83. The van der Waals surface area contributed by atoms with Crippen molar-refractivity contribution in [3.05, 3.63) is 0 Å². The van der Waals surface area contributed by atoms with E-state index in [0.29, 0.717) is 12.1 Å². The zero-order valence-corrected chi connectivity index (χ0v) is 15.1. The molecule has 124 valence electrons. The molecule has 0 saturated heterocycles. The molecule has 4 nitrogen and oxygen atoms in total. The first kappa shape index (κ1) is 17.4. The molecule has 0 aliphatic heterocycles. The molecule has 2 rings (SSSR count). The van der Waals surface area contributed by atoms with Crippen molar-refractivity contribution in [2.45, 2.75) is 90.1 Å². The van der Waals surface area contributed by atoms with Gasteiger partial charge in [-0.25, -0.2) is 0 Å². The van der Waals surface area contributed by atoms with E-state index in [1.54, 1.807) is 0 Å². The molecule has 0 bridgehead atoms. The van der Waals surface area contributed by atoms with Crippen molar-refractivity contribution in [2.75, 3.05) is 13.1 Å². The van der Waals surface area contributed by atoms with Crippen LogP contribution in [-0.4, -0.2) is 33.9 Å². The van der Waals surface area contributed by atoms with E-state index >= 15 is 0 Å². The molecule has 0 heterocycles. The molecule has 0 unspecified atom stereocenters. The molecule has 0 radical (unpaired) electrons. The van der Waals surface area contributed by atoms with Gasteiger partial charge in [0.25, 0.3) is 0 Å². The largest absolute Gasteiger partial charge is 0.366 e. The quantitative estimate of drug-likeness (QED) is 0.468. The van der Waals surface area contributed by atoms with Gasteiger partial charge in [-0.15, -0.1) is 0 Å². The SMILES string of the molecule is CCCN[Si](NCCC)(NC1CCCC1)NC1CCCC1. The summed E-state index contributed by atoms with van der Waals surface area (Å²) in [5, 5.41) is 0. The van der Waals surface area contributed by atoms with Crippen LogP contribution >= 0.6 is 0 Å². The summed E-state index contributed by atoms with van der Waals surface area (Å²) in [7, 11) is -1.97. The highest BCUT2D eigenvalue weighted by Crippen LogP contribution is 2.21. The Morgan fingerprint density at radius 3 is 1.43 bits per heavy atom. The molecule has 2 aliphatic carbocycles. The minimum absolute atomic E-state index is 0.708. The summed E-state index contributed by atoms with van der Waals surface area (Å²) >= 11 is 0. The maximum Gasteiger partial charge on any atom is 0.366 e. The van der Waals surface area contributed by atoms with Crippen LogP contribution in [0.5, 0.6) is 0 Å². The Hall–Kier alpha value is 0.0569. The topological polar surface area (TPSA) is 48.1 Å². The van der Waals surface area contributed by atoms with Crippen LogP contribution in [0.4, 0.5) is 0 Å². The number of hydrogen-bond acceptors (Lipinski definition) is 4. The summed E-state index contributed by atoms with van der Waals surface area (Å²) in [4.78, 5) is 15.8. The Kier molecular flexibility index (Phi) is 7.67. The van der Waals surface area contributed by atoms with Crippen LogP contribution in [0.1, 0.15) is 78.1 Å². The Balaban J connectivity index is 2.00. The van der Waals surface area contributed by atoms with Crippen molar-refractivity contribution in [3.63, 3.8) is 0 Å². The van der Waals surface area contributed by atoms with Gasteiger partial charge in [-0.3, -0.25) is 9.96 Å². The molecule has 0 amide bonds. The molecule has 0 aromatic rings. The summed E-state index contributed by atoms with van der Waals surface area (Å²) in [6.45, 7) is 6.72. The first-order valence-electron chi connectivity index (χ1n) is 9.33. The molecule has 0 aromatic heterocycles. The second-order valence-corrected chi connectivity index (χ2v) is 9.64. The summed E-state index contributed by atoms with van der Waals surface area (Å²) in [6, 6.07) is 1.42. The molecule has 0 atom stereocenters. The lowest BCUT2D eigenvalue weighted by Gasteiger charge is -2.38. The molecule has 2 aliphatic rings. The van der Waals surface area contributed by atoms with E-state index in [1.807, 2.05) is 0 Å². The van der Waals surface area contributed by atoms with Gasteiger partial charge in [0.05, 0.1) is 0 Å². The van der Waals surface area contributed by atoms with Crippen LogP contribution in [0, 0.1) is 0 Å². The van der Waals surface area contributed by atoms with E-state index in [-0.39, 0.29) is 0 Å². The first-order valence-corrected chi connectivity index (χ1v) is 11.3. The second kappa shape index (κ2) is 9.25. The van der Waals surface area contributed by atoms with Gasteiger partial charge in [0, 0.05) is 12.1 Å². The maximum atomic E-state index is 4.03. The smallest absolute Gasteiger partial charge is 0.301 e. The van der Waals surface area contributed by atoms with Crippen molar-refractivity contribution in [2.24, 2.45) is 0 Å². The van der Waals surface area contributed by atoms with Crippen LogP contribution in [0.2, 0.25) is 0 Å². The first-order chi connectivity index (χ1) is 10.3. The Labute approximate surface area is 132 Å². The molecule has 2 saturated carbocycles. The van der Waals surface area contributed by atoms with E-state index in [0.717, 1.165) is 13.1 Å². The molecule has 0 spiro atoms. The zero-order valence-electron chi connectivity index (χ0n) is 14.1. The van der Waals surface area contributed by atoms with Crippen LogP contribution in [0.15, 0.2) is 0 Å². The van der Waals surface area contributed by atoms with Crippen molar-refractivity contribution in [3.8, 4) is 0 Å². The fourth-order valence-electron chi connectivity index (χ4n) is 3.69. The summed E-state index contributed by atoms with van der Waals surface area (Å²) in [6.07, 6.45) is 13.4. The standard InChI is InChI=1S/C16H36N4Si/c1-3-13-17-21(18-14-4-2,19-15-9-5-6-10-15)20-16-11-7-8-12-16/h15-20H,3-14H2,1-2H3. The highest BCUT2D eigenvalue weighted by atomic mass is 28.4. The third kappa shape index (κ3) is 5.64. The van der Waals surface area contributed by atoms with Gasteiger partial charge in [0.1, 0.15) is 0 Å². The summed E-state index contributed by atoms with van der Waals surface area (Å²) in [5.41, 5.74) is 0. The van der Waals surface area contributed by atoms with Gasteiger partial charge in [-0.2, -0.15) is 0 Å². The molecule has 0 aromatic carbocycles. The van der Waals surface area contributed by atoms with Gasteiger partial charge < -0.3 is 9.96 Å². The predicted molar refractivity (Wildman–Crippen MR) is 93.1 cm³/mol. The van der Waals surface area contributed by atoms with Gasteiger partial charge in [-0.05, 0) is 51.6 Å². The van der Waals surface area contributed by atoms with E-state index < -0.39 is 8.72 Å². The lowest BCUT2D eigenvalue weighted by Crippen LogP contribution is -2.83. The molecular weight excluding hydrogens is 276 g/mol. The van der Waals surface area contributed by atoms with Gasteiger partial charge >= 0.3 is 8.72 Å². The predicted octanol–water partition coefficient (Wildman–Crippen LogP) is 2.49. The minimum Gasteiger partial charge on any atom is -0.301 e. The van der Waals surface area contributed by atoms with Crippen LogP contribution in [-0.2, 0) is 0 Å². The number of nitrogens with one attached hydrogen (secondary N) is 4. The van der Waals surface area contributed by atoms with Crippen molar-refractivity contribution in [1.82, 2.24) is 19.9 Å². The van der Waals surface area contributed by atoms with E-state index in [1.165, 1.54) is 64.2 Å². The van der Waals surface area contributed by atoms with Crippen LogP contribution in [0.25, 0.3) is 0 Å².